The second-order valence-corrected chi connectivity index (χ2v) is 7.88. The van der Waals surface area contributed by atoms with Gasteiger partial charge in [-0.3, -0.25) is 0 Å². The molecule has 25 heavy (non-hydrogen) atoms. The number of piperidine rings is 1. The summed E-state index contributed by atoms with van der Waals surface area (Å²) in [6, 6.07) is 0. The molecule has 2 rings (SSSR count). The van der Waals surface area contributed by atoms with Crippen LogP contribution in [0.15, 0.2) is 12.7 Å². The molecule has 0 radical (unpaired) electrons. The molecule has 7 nitrogen and oxygen atoms in total. The first-order chi connectivity index (χ1) is 11.6. The van der Waals surface area contributed by atoms with E-state index in [0.717, 1.165) is 0 Å². The highest BCUT2D eigenvalue weighted by Crippen LogP contribution is 2.36. The number of nitrogens with zero attached hydrogens (tertiary/aromatic N) is 2. The number of ether oxygens (including phenoxy) is 2. The van der Waals surface area contributed by atoms with Gasteiger partial charge in [0.25, 0.3) is 0 Å². The summed E-state index contributed by atoms with van der Waals surface area (Å²) in [6.07, 6.45) is 2.75. The summed E-state index contributed by atoms with van der Waals surface area (Å²) < 4.78 is 10.4. The lowest BCUT2D eigenvalue weighted by molar-refractivity contribution is -0.0362. The quantitative estimate of drug-likeness (QED) is 0.787. The molecule has 2 aliphatic rings. The van der Waals surface area contributed by atoms with E-state index in [1.54, 1.807) is 9.80 Å². The van der Waals surface area contributed by atoms with Crippen LogP contribution in [0.3, 0.4) is 0 Å². The van der Waals surface area contributed by atoms with Gasteiger partial charge in [-0.2, -0.15) is 0 Å². The van der Waals surface area contributed by atoms with Crippen molar-refractivity contribution in [2.45, 2.75) is 51.2 Å². The molecule has 0 aromatic rings. The minimum Gasteiger partial charge on any atom is -0.445 e. The highest BCUT2D eigenvalue weighted by atomic mass is 16.6. The van der Waals surface area contributed by atoms with Gasteiger partial charge in [0.1, 0.15) is 12.2 Å². The fraction of sp³-hybridized carbons (Fsp3) is 0.778. The van der Waals surface area contributed by atoms with Crippen molar-refractivity contribution in [2.75, 3.05) is 32.8 Å². The first-order valence-electron chi connectivity index (χ1n) is 8.87. The Bertz CT molecular complexity index is 508. The maximum atomic E-state index is 12.2. The Balaban J connectivity index is 1.85. The van der Waals surface area contributed by atoms with Crippen LogP contribution in [-0.2, 0) is 9.47 Å². The SMILES string of the molecule is C=CCOC(=O)N1CCC(C2(O)CCN(C(=O)OC(C)(C)C)C2)CC1. The van der Waals surface area contributed by atoms with E-state index in [9.17, 15) is 14.7 Å². The smallest absolute Gasteiger partial charge is 0.410 e. The van der Waals surface area contributed by atoms with Crippen molar-refractivity contribution in [3.63, 3.8) is 0 Å². The summed E-state index contributed by atoms with van der Waals surface area (Å²) in [6.45, 7) is 11.1. The van der Waals surface area contributed by atoms with Crippen molar-refractivity contribution in [1.29, 1.82) is 0 Å². The third kappa shape index (κ3) is 5.11. The van der Waals surface area contributed by atoms with E-state index in [4.69, 9.17) is 9.47 Å². The van der Waals surface area contributed by atoms with E-state index in [-0.39, 0.29) is 31.3 Å². The zero-order chi connectivity index (χ0) is 18.7. The lowest BCUT2D eigenvalue weighted by Crippen LogP contribution is -2.49. The Morgan fingerprint density at radius 3 is 2.40 bits per heavy atom. The van der Waals surface area contributed by atoms with E-state index in [2.05, 4.69) is 6.58 Å². The minimum absolute atomic E-state index is 0.0587. The maximum absolute atomic E-state index is 12.2. The van der Waals surface area contributed by atoms with Crippen LogP contribution in [0.2, 0.25) is 0 Å². The average Bonchev–Trinajstić information content (AvgIpc) is 2.95. The molecule has 2 fully saturated rings. The van der Waals surface area contributed by atoms with Crippen LogP contribution in [0.4, 0.5) is 9.59 Å². The number of rotatable bonds is 3. The van der Waals surface area contributed by atoms with Crippen LogP contribution < -0.4 is 0 Å². The van der Waals surface area contributed by atoms with Crippen LogP contribution in [0.1, 0.15) is 40.0 Å². The maximum Gasteiger partial charge on any atom is 0.410 e. The average molecular weight is 354 g/mol. The van der Waals surface area contributed by atoms with E-state index in [0.29, 0.717) is 38.9 Å². The number of hydrogen-bond acceptors (Lipinski definition) is 5. The number of amides is 2. The number of hydrogen-bond donors (Lipinski definition) is 1. The molecule has 7 heteroatoms. The van der Waals surface area contributed by atoms with Crippen molar-refractivity contribution >= 4 is 12.2 Å². The van der Waals surface area contributed by atoms with Crippen LogP contribution in [0.5, 0.6) is 0 Å². The molecule has 2 aliphatic heterocycles. The topological polar surface area (TPSA) is 79.3 Å². The molecular formula is C18H30N2O5. The molecule has 1 N–H and O–H groups in total. The number of β-amino-alcohol motifs (C(OH)–C–C–N with tert-alkyl or cyclic N) is 1. The normalized spacial score (nSPS) is 25.0. The fourth-order valence-corrected chi connectivity index (χ4v) is 3.45. The molecule has 1 unspecified atom stereocenters. The van der Waals surface area contributed by atoms with E-state index >= 15 is 0 Å². The van der Waals surface area contributed by atoms with Crippen molar-refractivity contribution in [2.24, 2.45) is 5.92 Å². The van der Waals surface area contributed by atoms with Crippen molar-refractivity contribution in [3.05, 3.63) is 12.7 Å². The van der Waals surface area contributed by atoms with Gasteiger partial charge >= 0.3 is 12.2 Å². The predicted molar refractivity (Wildman–Crippen MR) is 93.2 cm³/mol. The van der Waals surface area contributed by atoms with Gasteiger partial charge in [-0.1, -0.05) is 12.7 Å². The third-order valence-electron chi connectivity index (χ3n) is 4.77. The van der Waals surface area contributed by atoms with Crippen LogP contribution in [-0.4, -0.2) is 71.1 Å². The van der Waals surface area contributed by atoms with Gasteiger partial charge < -0.3 is 24.4 Å². The van der Waals surface area contributed by atoms with Crippen molar-refractivity contribution in [1.82, 2.24) is 9.80 Å². The summed E-state index contributed by atoms with van der Waals surface area (Å²) in [5.74, 6) is 0.0587. The zero-order valence-corrected chi connectivity index (χ0v) is 15.5. The highest BCUT2D eigenvalue weighted by molar-refractivity contribution is 5.69. The summed E-state index contributed by atoms with van der Waals surface area (Å²) in [5.41, 5.74) is -1.46. The Kier molecular flexibility index (Phi) is 5.98. The lowest BCUT2D eigenvalue weighted by atomic mass is 9.80. The van der Waals surface area contributed by atoms with Crippen molar-refractivity contribution < 1.29 is 24.2 Å². The second-order valence-electron chi connectivity index (χ2n) is 7.88. The Labute approximate surface area is 149 Å². The standard InChI is InChI=1S/C18H30N2O5/c1-5-12-24-15(21)19-9-6-14(7-10-19)18(23)8-11-20(13-18)16(22)25-17(2,3)4/h5,14,23H,1,6-13H2,2-4H3. The molecule has 0 spiro atoms. The Hall–Kier alpha value is -1.76. The molecule has 0 saturated carbocycles. The van der Waals surface area contributed by atoms with E-state index in [1.807, 2.05) is 20.8 Å². The van der Waals surface area contributed by atoms with Crippen LogP contribution >= 0.6 is 0 Å². The van der Waals surface area contributed by atoms with Gasteiger partial charge in [-0.05, 0) is 46.0 Å². The largest absolute Gasteiger partial charge is 0.445 e. The fourth-order valence-electron chi connectivity index (χ4n) is 3.45. The second kappa shape index (κ2) is 7.64. The predicted octanol–water partition coefficient (Wildman–Crippen LogP) is 2.39. The van der Waals surface area contributed by atoms with Crippen LogP contribution in [0, 0.1) is 5.92 Å². The van der Waals surface area contributed by atoms with Crippen molar-refractivity contribution in [3.8, 4) is 0 Å². The van der Waals surface area contributed by atoms with E-state index < -0.39 is 11.2 Å². The molecule has 0 aromatic carbocycles. The van der Waals surface area contributed by atoms with Gasteiger partial charge in [0.05, 0.1) is 12.1 Å². The molecular weight excluding hydrogens is 324 g/mol. The molecule has 0 aromatic heterocycles. The first kappa shape index (κ1) is 19.6. The summed E-state index contributed by atoms with van der Waals surface area (Å²) >= 11 is 0. The molecule has 2 saturated heterocycles. The number of likely N-dealkylation sites (tertiary alicyclic amines) is 2. The van der Waals surface area contributed by atoms with Crippen LogP contribution in [0.25, 0.3) is 0 Å². The summed E-state index contributed by atoms with van der Waals surface area (Å²) in [5, 5.41) is 11.0. The van der Waals surface area contributed by atoms with E-state index in [1.165, 1.54) is 6.08 Å². The summed E-state index contributed by atoms with van der Waals surface area (Å²) in [7, 11) is 0. The number of carbonyl (C=O) groups excluding carboxylic acids is 2. The summed E-state index contributed by atoms with van der Waals surface area (Å²) in [4.78, 5) is 27.3. The highest BCUT2D eigenvalue weighted by Gasteiger charge is 2.46. The van der Waals surface area contributed by atoms with Gasteiger partial charge in [0, 0.05) is 19.6 Å². The minimum atomic E-state index is -0.909. The number of carbonyl (C=O) groups is 2. The molecule has 0 bridgehead atoms. The molecule has 1 atom stereocenters. The molecule has 142 valence electrons. The molecule has 2 heterocycles. The van der Waals surface area contributed by atoms with Gasteiger partial charge in [-0.25, -0.2) is 9.59 Å². The Morgan fingerprint density at radius 1 is 1.20 bits per heavy atom. The first-order valence-corrected chi connectivity index (χ1v) is 8.87. The van der Waals surface area contributed by atoms with Gasteiger partial charge in [0.15, 0.2) is 0 Å². The number of aliphatic hydroxyl groups is 1. The Morgan fingerprint density at radius 2 is 1.84 bits per heavy atom. The molecule has 2 amide bonds. The van der Waals surface area contributed by atoms with Gasteiger partial charge in [0.2, 0.25) is 0 Å². The lowest BCUT2D eigenvalue weighted by Gasteiger charge is -2.39. The third-order valence-corrected chi connectivity index (χ3v) is 4.77. The monoisotopic (exact) mass is 354 g/mol. The molecule has 0 aliphatic carbocycles. The zero-order valence-electron chi connectivity index (χ0n) is 15.5. The van der Waals surface area contributed by atoms with Gasteiger partial charge in [-0.15, -0.1) is 0 Å².